The summed E-state index contributed by atoms with van der Waals surface area (Å²) in [4.78, 5) is 30.8. The highest BCUT2D eigenvalue weighted by molar-refractivity contribution is 5.95. The molecule has 1 fully saturated rings. The number of benzene rings is 2. The first-order valence-electron chi connectivity index (χ1n) is 10.1. The van der Waals surface area contributed by atoms with Crippen LogP contribution in [0.4, 0.5) is 5.69 Å². The number of H-pyrrole nitrogens is 1. The van der Waals surface area contributed by atoms with Gasteiger partial charge in [0.1, 0.15) is 0 Å². The van der Waals surface area contributed by atoms with E-state index in [9.17, 15) is 9.59 Å². The molecule has 1 N–H and O–H groups in total. The van der Waals surface area contributed by atoms with Crippen molar-refractivity contribution in [3.05, 3.63) is 76.1 Å². The third kappa shape index (κ3) is 3.86. The van der Waals surface area contributed by atoms with Gasteiger partial charge in [-0.15, -0.1) is 0 Å². The van der Waals surface area contributed by atoms with Crippen molar-refractivity contribution in [1.29, 1.82) is 0 Å². The van der Waals surface area contributed by atoms with Crippen LogP contribution in [0.3, 0.4) is 0 Å². The van der Waals surface area contributed by atoms with Crippen molar-refractivity contribution in [1.82, 2.24) is 4.98 Å². The lowest BCUT2D eigenvalue weighted by Gasteiger charge is -2.29. The Hall–Kier alpha value is -2.88. The Morgan fingerprint density at radius 1 is 1.04 bits per heavy atom. The Morgan fingerprint density at radius 2 is 1.79 bits per heavy atom. The van der Waals surface area contributed by atoms with Crippen LogP contribution in [0.1, 0.15) is 43.2 Å². The number of aromatic nitrogens is 1. The van der Waals surface area contributed by atoms with E-state index in [4.69, 9.17) is 0 Å². The van der Waals surface area contributed by atoms with Crippen molar-refractivity contribution in [3.8, 4) is 0 Å². The molecule has 1 amide bonds. The van der Waals surface area contributed by atoms with Crippen LogP contribution in [0, 0.1) is 12.8 Å². The summed E-state index contributed by atoms with van der Waals surface area (Å²) in [6, 6.07) is 17.6. The molecule has 1 aliphatic carbocycles. The van der Waals surface area contributed by atoms with Crippen molar-refractivity contribution in [2.45, 2.75) is 45.6 Å². The maximum Gasteiger partial charge on any atom is 0.253 e. The summed E-state index contributed by atoms with van der Waals surface area (Å²) in [5, 5.41) is 0.993. The molecule has 0 aliphatic heterocycles. The summed E-state index contributed by atoms with van der Waals surface area (Å²) in [7, 11) is 0. The summed E-state index contributed by atoms with van der Waals surface area (Å²) in [5.41, 5.74) is 3.30. The van der Waals surface area contributed by atoms with Gasteiger partial charge in [-0.2, -0.15) is 0 Å². The van der Waals surface area contributed by atoms with E-state index < -0.39 is 0 Å². The molecule has 4 heteroatoms. The lowest BCUT2D eigenvalue weighted by molar-refractivity contribution is -0.123. The van der Waals surface area contributed by atoms with E-state index in [0.717, 1.165) is 47.8 Å². The van der Waals surface area contributed by atoms with Crippen molar-refractivity contribution >= 4 is 22.5 Å². The maximum absolute atomic E-state index is 13.3. The normalized spacial score (nSPS) is 14.9. The lowest BCUT2D eigenvalue weighted by atomic mass is 9.88. The first-order chi connectivity index (χ1) is 13.6. The van der Waals surface area contributed by atoms with E-state index in [0.29, 0.717) is 12.1 Å². The van der Waals surface area contributed by atoms with Crippen LogP contribution in [0.5, 0.6) is 0 Å². The van der Waals surface area contributed by atoms with Gasteiger partial charge >= 0.3 is 0 Å². The van der Waals surface area contributed by atoms with Gasteiger partial charge in [0, 0.05) is 22.7 Å². The molecule has 0 radical (unpaired) electrons. The number of nitrogens with one attached hydrogen (secondary N) is 1. The number of aromatic amines is 1. The quantitative estimate of drug-likeness (QED) is 0.702. The molecule has 4 nitrogen and oxygen atoms in total. The van der Waals surface area contributed by atoms with Crippen LogP contribution in [0.25, 0.3) is 10.9 Å². The molecule has 2 aromatic carbocycles. The second-order valence-electron chi connectivity index (χ2n) is 7.81. The molecular weight excluding hydrogens is 348 g/mol. The summed E-state index contributed by atoms with van der Waals surface area (Å²) in [5.74, 6) is 0.186. The van der Waals surface area contributed by atoms with E-state index in [-0.39, 0.29) is 17.4 Å². The SMILES string of the molecule is Cc1ccc2[nH]c(=O)c(CN(C(=O)C3CCCCC3)c3ccccc3)cc2c1. The molecule has 0 saturated heterocycles. The number of hydrogen-bond donors (Lipinski definition) is 1. The zero-order chi connectivity index (χ0) is 19.5. The van der Waals surface area contributed by atoms with Crippen molar-refractivity contribution < 1.29 is 4.79 Å². The number of nitrogens with zero attached hydrogens (tertiary/aromatic N) is 1. The predicted octanol–water partition coefficient (Wildman–Crippen LogP) is 4.95. The van der Waals surface area contributed by atoms with Crippen LogP contribution < -0.4 is 10.5 Å². The van der Waals surface area contributed by atoms with Crippen LogP contribution in [0.2, 0.25) is 0 Å². The van der Waals surface area contributed by atoms with Crippen molar-refractivity contribution in [3.63, 3.8) is 0 Å². The number of fused-ring (bicyclic) bond motifs is 1. The minimum Gasteiger partial charge on any atom is -0.322 e. The van der Waals surface area contributed by atoms with Gasteiger partial charge in [-0.05, 0) is 55.5 Å². The largest absolute Gasteiger partial charge is 0.322 e. The zero-order valence-corrected chi connectivity index (χ0v) is 16.3. The molecule has 1 aromatic heterocycles. The number of rotatable bonds is 4. The van der Waals surface area contributed by atoms with Gasteiger partial charge in [0.2, 0.25) is 5.91 Å². The number of anilines is 1. The Balaban J connectivity index is 1.71. The number of carbonyl (C=O) groups is 1. The highest BCUT2D eigenvalue weighted by atomic mass is 16.2. The Kier molecular flexibility index (Phi) is 5.29. The highest BCUT2D eigenvalue weighted by Crippen LogP contribution is 2.28. The Labute approximate surface area is 165 Å². The van der Waals surface area contributed by atoms with E-state index in [1.165, 1.54) is 6.42 Å². The van der Waals surface area contributed by atoms with E-state index in [2.05, 4.69) is 11.1 Å². The second kappa shape index (κ2) is 8.01. The molecule has 1 saturated carbocycles. The highest BCUT2D eigenvalue weighted by Gasteiger charge is 2.27. The molecule has 0 unspecified atom stereocenters. The van der Waals surface area contributed by atoms with Gasteiger partial charge in [-0.25, -0.2) is 0 Å². The van der Waals surface area contributed by atoms with E-state index in [1.54, 1.807) is 4.90 Å². The number of aryl methyl sites for hydroxylation is 1. The summed E-state index contributed by atoms with van der Waals surface area (Å²) >= 11 is 0. The van der Waals surface area contributed by atoms with Gasteiger partial charge < -0.3 is 9.88 Å². The van der Waals surface area contributed by atoms with Gasteiger partial charge in [-0.3, -0.25) is 9.59 Å². The van der Waals surface area contributed by atoms with Crippen LogP contribution >= 0.6 is 0 Å². The van der Waals surface area contributed by atoms with Gasteiger partial charge in [0.25, 0.3) is 5.56 Å². The fourth-order valence-corrected chi connectivity index (χ4v) is 4.13. The molecule has 4 rings (SSSR count). The minimum atomic E-state index is -0.131. The minimum absolute atomic E-state index is 0.0516. The molecule has 28 heavy (non-hydrogen) atoms. The van der Waals surface area contributed by atoms with Gasteiger partial charge in [-0.1, -0.05) is 49.1 Å². The Bertz CT molecular complexity index is 1030. The Morgan fingerprint density at radius 3 is 2.54 bits per heavy atom. The average Bonchev–Trinajstić information content (AvgIpc) is 2.73. The fourth-order valence-electron chi connectivity index (χ4n) is 4.13. The molecular formula is C24H26N2O2. The maximum atomic E-state index is 13.3. The van der Waals surface area contributed by atoms with E-state index in [1.807, 2.05) is 55.5 Å². The summed E-state index contributed by atoms with van der Waals surface area (Å²) in [6.45, 7) is 2.33. The van der Waals surface area contributed by atoms with Crippen molar-refractivity contribution in [2.75, 3.05) is 4.90 Å². The number of pyridine rings is 1. The second-order valence-corrected chi connectivity index (χ2v) is 7.81. The molecule has 3 aromatic rings. The molecule has 0 bridgehead atoms. The van der Waals surface area contributed by atoms with Crippen LogP contribution in [-0.4, -0.2) is 10.9 Å². The van der Waals surface area contributed by atoms with E-state index >= 15 is 0 Å². The number of carbonyl (C=O) groups excluding carboxylic acids is 1. The predicted molar refractivity (Wildman–Crippen MR) is 114 cm³/mol. The molecule has 144 valence electrons. The van der Waals surface area contributed by atoms with Gasteiger partial charge in [0.15, 0.2) is 0 Å². The number of para-hydroxylation sites is 1. The molecule has 1 aliphatic rings. The monoisotopic (exact) mass is 374 g/mol. The number of hydrogen-bond acceptors (Lipinski definition) is 2. The third-order valence-corrected chi connectivity index (χ3v) is 5.69. The summed E-state index contributed by atoms with van der Waals surface area (Å²) in [6.07, 6.45) is 5.30. The molecule has 1 heterocycles. The summed E-state index contributed by atoms with van der Waals surface area (Å²) < 4.78 is 0. The topological polar surface area (TPSA) is 53.2 Å². The first-order valence-corrected chi connectivity index (χ1v) is 10.1. The zero-order valence-electron chi connectivity index (χ0n) is 16.3. The van der Waals surface area contributed by atoms with Crippen molar-refractivity contribution in [2.24, 2.45) is 5.92 Å². The fraction of sp³-hybridized carbons (Fsp3) is 0.333. The lowest BCUT2D eigenvalue weighted by Crippen LogP contribution is -2.38. The molecule has 0 atom stereocenters. The average molecular weight is 374 g/mol. The van der Waals surface area contributed by atoms with Gasteiger partial charge in [0.05, 0.1) is 6.54 Å². The standard InChI is InChI=1S/C24H26N2O2/c1-17-12-13-22-19(14-17)15-20(23(27)25-22)16-26(21-10-6-3-7-11-21)24(28)18-8-4-2-5-9-18/h3,6-7,10-15,18H,2,4-5,8-9,16H2,1H3,(H,25,27). The number of amides is 1. The van der Waals surface area contributed by atoms with Crippen LogP contribution in [-0.2, 0) is 11.3 Å². The molecule has 0 spiro atoms. The smallest absolute Gasteiger partial charge is 0.253 e. The first kappa shape index (κ1) is 18.5. The van der Waals surface area contributed by atoms with Crippen LogP contribution in [0.15, 0.2) is 59.4 Å². The third-order valence-electron chi connectivity index (χ3n) is 5.69.